The Hall–Kier alpha value is -0.860. The zero-order valence-electron chi connectivity index (χ0n) is 20.3. The summed E-state index contributed by atoms with van der Waals surface area (Å²) < 4.78 is 4.89. The molecule has 0 aromatic carbocycles. The Bertz CT molecular complexity index is 696. The first-order valence-electron chi connectivity index (χ1n) is 12.7. The van der Waals surface area contributed by atoms with Gasteiger partial charge < -0.3 is 4.74 Å². The fourth-order valence-corrected chi connectivity index (χ4v) is 9.52. The lowest BCUT2D eigenvalue weighted by molar-refractivity contribution is -0.165. The molecule has 3 nitrogen and oxygen atoms in total. The minimum Gasteiger partial charge on any atom is -0.469 e. The summed E-state index contributed by atoms with van der Waals surface area (Å²) in [5.74, 6) is 4.80. The van der Waals surface area contributed by atoms with Crippen LogP contribution >= 0.6 is 0 Å². The van der Waals surface area contributed by atoms with Crippen molar-refractivity contribution in [2.75, 3.05) is 7.11 Å². The summed E-state index contributed by atoms with van der Waals surface area (Å²) in [5.41, 5.74) is 0.634. The van der Waals surface area contributed by atoms with E-state index in [-0.39, 0.29) is 11.4 Å². The molecule has 0 bridgehead atoms. The van der Waals surface area contributed by atoms with Gasteiger partial charge in [-0.2, -0.15) is 0 Å². The highest BCUT2D eigenvalue weighted by Gasteiger charge is 2.63. The van der Waals surface area contributed by atoms with Crippen molar-refractivity contribution in [2.24, 2.45) is 51.8 Å². The van der Waals surface area contributed by atoms with Crippen LogP contribution in [-0.2, 0) is 14.3 Å². The lowest BCUT2D eigenvalue weighted by Crippen LogP contribution is -2.58. The second-order valence-corrected chi connectivity index (χ2v) is 12.5. The number of carbonyl (C=O) groups excluding carboxylic acids is 2. The largest absolute Gasteiger partial charge is 0.469 e. The quantitative estimate of drug-likeness (QED) is 0.495. The van der Waals surface area contributed by atoms with Crippen LogP contribution in [0.5, 0.6) is 0 Å². The van der Waals surface area contributed by atoms with Crippen molar-refractivity contribution >= 4 is 11.8 Å². The van der Waals surface area contributed by atoms with Gasteiger partial charge in [-0.1, -0.05) is 34.6 Å². The van der Waals surface area contributed by atoms with E-state index in [0.29, 0.717) is 34.9 Å². The molecule has 8 atom stereocenters. The smallest absolute Gasteiger partial charge is 0.305 e. The standard InChI is InChI=1S/C27H44O3/c1-17(7-12-24(29)30-6)19-9-10-20-18-8-11-22-25(2,3)23(28)14-16-27(22,5)21(18)13-15-26(19,20)4/h17-22H,7-16H2,1-6H3/t17-,18+,19-,20+,21+,22+,26-,27-/m1/s1. The monoisotopic (exact) mass is 416 g/mol. The predicted molar refractivity (Wildman–Crippen MR) is 120 cm³/mol. The van der Waals surface area contributed by atoms with Gasteiger partial charge >= 0.3 is 5.97 Å². The molecule has 0 aliphatic heterocycles. The molecule has 0 heterocycles. The molecular weight excluding hydrogens is 372 g/mol. The lowest BCUT2D eigenvalue weighted by atomic mass is 9.41. The minimum atomic E-state index is -0.140. The van der Waals surface area contributed by atoms with E-state index < -0.39 is 0 Å². The van der Waals surface area contributed by atoms with Gasteiger partial charge in [-0.05, 0) is 97.7 Å². The summed E-state index contributed by atoms with van der Waals surface area (Å²) >= 11 is 0. The SMILES string of the molecule is COC(=O)CC[C@@H](C)[C@H]1CC[C@H]2[C@@H]3CC[C@H]4C(C)(C)C(=O)CC[C@]4(C)[C@H]3CC[C@]12C. The Balaban J connectivity index is 1.53. The molecule has 0 unspecified atom stereocenters. The van der Waals surface area contributed by atoms with E-state index in [1.807, 2.05) is 0 Å². The van der Waals surface area contributed by atoms with Crippen LogP contribution in [0.4, 0.5) is 0 Å². The zero-order chi connectivity index (χ0) is 21.9. The maximum Gasteiger partial charge on any atom is 0.305 e. The molecule has 0 amide bonds. The van der Waals surface area contributed by atoms with Gasteiger partial charge in [0.15, 0.2) is 0 Å². The lowest BCUT2D eigenvalue weighted by Gasteiger charge is -2.63. The molecule has 0 radical (unpaired) electrons. The van der Waals surface area contributed by atoms with Crippen LogP contribution in [0.15, 0.2) is 0 Å². The van der Waals surface area contributed by atoms with Crippen LogP contribution < -0.4 is 0 Å². The Morgan fingerprint density at radius 1 is 1.00 bits per heavy atom. The van der Waals surface area contributed by atoms with Crippen molar-refractivity contribution < 1.29 is 14.3 Å². The number of hydrogen-bond donors (Lipinski definition) is 0. The minimum absolute atomic E-state index is 0.0639. The van der Waals surface area contributed by atoms with E-state index >= 15 is 0 Å². The Morgan fingerprint density at radius 2 is 1.70 bits per heavy atom. The Morgan fingerprint density at radius 3 is 2.40 bits per heavy atom. The summed E-state index contributed by atoms with van der Waals surface area (Å²) in [4.78, 5) is 24.4. The highest BCUT2D eigenvalue weighted by Crippen LogP contribution is 2.69. The van der Waals surface area contributed by atoms with Crippen molar-refractivity contribution in [3.05, 3.63) is 0 Å². The van der Waals surface area contributed by atoms with Gasteiger partial charge in [-0.15, -0.1) is 0 Å². The normalized spacial score (nSPS) is 45.8. The maximum atomic E-state index is 12.7. The Kier molecular flexibility index (Phi) is 5.68. The van der Waals surface area contributed by atoms with Crippen LogP contribution in [0.1, 0.15) is 98.8 Å². The van der Waals surface area contributed by atoms with E-state index in [1.54, 1.807) is 0 Å². The van der Waals surface area contributed by atoms with E-state index in [2.05, 4.69) is 34.6 Å². The summed E-state index contributed by atoms with van der Waals surface area (Å²) in [6, 6.07) is 0. The second-order valence-electron chi connectivity index (χ2n) is 12.5. The molecule has 170 valence electrons. The molecule has 30 heavy (non-hydrogen) atoms. The van der Waals surface area contributed by atoms with Gasteiger partial charge in [-0.25, -0.2) is 0 Å². The van der Waals surface area contributed by atoms with Crippen LogP contribution in [0.25, 0.3) is 0 Å². The molecule has 4 fully saturated rings. The number of methoxy groups -OCH3 is 1. The highest BCUT2D eigenvalue weighted by molar-refractivity contribution is 5.85. The van der Waals surface area contributed by atoms with E-state index in [0.717, 1.165) is 42.9 Å². The molecule has 0 N–H and O–H groups in total. The first-order chi connectivity index (χ1) is 14.1. The first kappa shape index (κ1) is 22.3. The number of fused-ring (bicyclic) bond motifs is 5. The third kappa shape index (κ3) is 3.20. The number of rotatable bonds is 4. The maximum absolute atomic E-state index is 12.7. The molecular formula is C27H44O3. The molecule has 0 aromatic heterocycles. The van der Waals surface area contributed by atoms with Gasteiger partial charge in [0.25, 0.3) is 0 Å². The number of Topliss-reactive ketones (excluding diaryl/α,β-unsaturated/α-hetero) is 1. The average molecular weight is 417 g/mol. The fourth-order valence-electron chi connectivity index (χ4n) is 9.52. The van der Waals surface area contributed by atoms with Crippen LogP contribution in [0.2, 0.25) is 0 Å². The van der Waals surface area contributed by atoms with Gasteiger partial charge in [0, 0.05) is 18.3 Å². The van der Waals surface area contributed by atoms with Crippen molar-refractivity contribution in [2.45, 2.75) is 98.8 Å². The van der Waals surface area contributed by atoms with Gasteiger partial charge in [0.05, 0.1) is 7.11 Å². The summed E-state index contributed by atoms with van der Waals surface area (Å²) in [6.07, 6.45) is 11.4. The number of hydrogen-bond acceptors (Lipinski definition) is 3. The first-order valence-corrected chi connectivity index (χ1v) is 12.7. The third-order valence-corrected chi connectivity index (χ3v) is 11.1. The number of esters is 1. The van der Waals surface area contributed by atoms with Crippen molar-refractivity contribution in [3.8, 4) is 0 Å². The van der Waals surface area contributed by atoms with Crippen LogP contribution in [-0.4, -0.2) is 18.9 Å². The van der Waals surface area contributed by atoms with E-state index in [9.17, 15) is 9.59 Å². The number of ketones is 1. The van der Waals surface area contributed by atoms with E-state index in [1.165, 1.54) is 45.6 Å². The van der Waals surface area contributed by atoms with Crippen LogP contribution in [0, 0.1) is 51.8 Å². The summed E-state index contributed by atoms with van der Waals surface area (Å²) in [6.45, 7) is 12.0. The summed E-state index contributed by atoms with van der Waals surface area (Å²) in [7, 11) is 1.50. The van der Waals surface area contributed by atoms with Gasteiger partial charge in [0.1, 0.15) is 5.78 Å². The van der Waals surface area contributed by atoms with Gasteiger partial charge in [-0.3, -0.25) is 9.59 Å². The molecule has 0 aromatic rings. The zero-order valence-corrected chi connectivity index (χ0v) is 20.3. The highest BCUT2D eigenvalue weighted by atomic mass is 16.5. The fraction of sp³-hybridized carbons (Fsp3) is 0.926. The molecule has 3 heteroatoms. The molecule has 4 saturated carbocycles. The van der Waals surface area contributed by atoms with Crippen molar-refractivity contribution in [1.82, 2.24) is 0 Å². The average Bonchev–Trinajstić information content (AvgIpc) is 3.06. The summed E-state index contributed by atoms with van der Waals surface area (Å²) in [5, 5.41) is 0. The molecule has 4 aliphatic rings. The Labute approximate surface area is 184 Å². The number of carbonyl (C=O) groups is 2. The van der Waals surface area contributed by atoms with Crippen molar-refractivity contribution in [1.29, 1.82) is 0 Å². The molecule has 4 aliphatic carbocycles. The third-order valence-electron chi connectivity index (χ3n) is 11.1. The molecule has 0 spiro atoms. The second kappa shape index (κ2) is 7.62. The van der Waals surface area contributed by atoms with Crippen LogP contribution in [0.3, 0.4) is 0 Å². The number of ether oxygens (including phenoxy) is 1. The molecule has 4 rings (SSSR count). The predicted octanol–water partition coefficient (Wildman–Crippen LogP) is 6.44. The van der Waals surface area contributed by atoms with Gasteiger partial charge in [0.2, 0.25) is 0 Å². The van der Waals surface area contributed by atoms with E-state index in [4.69, 9.17) is 4.74 Å². The topological polar surface area (TPSA) is 43.4 Å². The van der Waals surface area contributed by atoms with Crippen molar-refractivity contribution in [3.63, 3.8) is 0 Å². The molecule has 0 saturated heterocycles.